The summed E-state index contributed by atoms with van der Waals surface area (Å²) >= 11 is 0. The van der Waals surface area contributed by atoms with Crippen LogP contribution < -0.4 is 0 Å². The summed E-state index contributed by atoms with van der Waals surface area (Å²) in [6.07, 6.45) is 7.68. The molecule has 1 heterocycles. The molecule has 1 aliphatic rings. The molecule has 3 heteroatoms. The zero-order chi connectivity index (χ0) is 13.4. The smallest absolute Gasteiger partial charge is 0.307 e. The van der Waals surface area contributed by atoms with Gasteiger partial charge in [-0.05, 0) is 45.7 Å². The molecule has 1 saturated heterocycles. The Hall–Kier alpha value is -0.570. The summed E-state index contributed by atoms with van der Waals surface area (Å²) in [5, 5.41) is 0. The summed E-state index contributed by atoms with van der Waals surface area (Å²) in [7, 11) is 0. The fraction of sp³-hybridized carbons (Fsp3) is 0.933. The quantitative estimate of drug-likeness (QED) is 0.623. The number of nitrogens with zero attached hydrogens (tertiary/aromatic N) is 1. The van der Waals surface area contributed by atoms with Gasteiger partial charge in [-0.15, -0.1) is 0 Å². The van der Waals surface area contributed by atoms with Gasteiger partial charge in [0.05, 0.1) is 13.0 Å². The molecule has 1 atom stereocenters. The lowest BCUT2D eigenvalue weighted by molar-refractivity contribution is -0.146. The van der Waals surface area contributed by atoms with Crippen LogP contribution in [-0.4, -0.2) is 36.1 Å². The Morgan fingerprint density at radius 3 is 2.39 bits per heavy atom. The number of hydrogen-bond donors (Lipinski definition) is 0. The predicted molar refractivity (Wildman–Crippen MR) is 74.6 cm³/mol. The van der Waals surface area contributed by atoms with Gasteiger partial charge in [0, 0.05) is 5.54 Å². The molecule has 106 valence electrons. The van der Waals surface area contributed by atoms with E-state index in [2.05, 4.69) is 18.7 Å². The second kappa shape index (κ2) is 7.78. The molecule has 0 saturated carbocycles. The summed E-state index contributed by atoms with van der Waals surface area (Å²) in [5.41, 5.74) is 0.0543. The number of esters is 1. The number of carbonyl (C=O) groups is 1. The van der Waals surface area contributed by atoms with Crippen molar-refractivity contribution in [3.63, 3.8) is 0 Å². The fourth-order valence-electron chi connectivity index (χ4n) is 3.06. The van der Waals surface area contributed by atoms with E-state index in [0.717, 1.165) is 25.9 Å². The minimum absolute atomic E-state index is 0.0256. The summed E-state index contributed by atoms with van der Waals surface area (Å²) in [6.45, 7) is 9.11. The van der Waals surface area contributed by atoms with Crippen molar-refractivity contribution in [1.82, 2.24) is 4.90 Å². The number of ether oxygens (including phenoxy) is 1. The molecule has 1 rings (SSSR count). The van der Waals surface area contributed by atoms with Crippen LogP contribution in [0.5, 0.6) is 0 Å². The van der Waals surface area contributed by atoms with Crippen LogP contribution in [0.4, 0.5) is 0 Å². The molecule has 1 fully saturated rings. The largest absolute Gasteiger partial charge is 0.466 e. The second-order valence-corrected chi connectivity index (χ2v) is 5.36. The minimum Gasteiger partial charge on any atom is -0.466 e. The lowest BCUT2D eigenvalue weighted by Gasteiger charge is -2.41. The number of likely N-dealkylation sites (tertiary alicyclic amines) is 1. The number of hydrogen-bond acceptors (Lipinski definition) is 3. The summed E-state index contributed by atoms with van der Waals surface area (Å²) < 4.78 is 5.17. The van der Waals surface area contributed by atoms with Crippen LogP contribution in [0.2, 0.25) is 0 Å². The Kier molecular flexibility index (Phi) is 6.69. The molecular formula is C15H29NO2. The zero-order valence-electron chi connectivity index (χ0n) is 12.3. The molecule has 1 unspecified atom stereocenters. The monoisotopic (exact) mass is 255 g/mol. The molecule has 3 nitrogen and oxygen atoms in total. The van der Waals surface area contributed by atoms with Gasteiger partial charge in [-0.2, -0.15) is 0 Å². The van der Waals surface area contributed by atoms with Crippen LogP contribution in [0.1, 0.15) is 65.7 Å². The van der Waals surface area contributed by atoms with E-state index in [1.807, 2.05) is 6.92 Å². The van der Waals surface area contributed by atoms with Gasteiger partial charge in [-0.1, -0.05) is 26.7 Å². The second-order valence-electron chi connectivity index (χ2n) is 5.36. The molecule has 0 N–H and O–H groups in total. The molecule has 0 spiro atoms. The van der Waals surface area contributed by atoms with E-state index in [4.69, 9.17) is 4.74 Å². The van der Waals surface area contributed by atoms with Gasteiger partial charge in [0.25, 0.3) is 0 Å². The van der Waals surface area contributed by atoms with E-state index < -0.39 is 0 Å². The first kappa shape index (κ1) is 15.5. The molecular weight excluding hydrogens is 226 g/mol. The molecule has 0 aromatic heterocycles. The van der Waals surface area contributed by atoms with Crippen LogP contribution in [-0.2, 0) is 9.53 Å². The van der Waals surface area contributed by atoms with E-state index in [0.29, 0.717) is 13.0 Å². The van der Waals surface area contributed by atoms with Gasteiger partial charge in [0.2, 0.25) is 0 Å². The molecule has 0 bridgehead atoms. The maximum atomic E-state index is 11.9. The van der Waals surface area contributed by atoms with Gasteiger partial charge >= 0.3 is 5.97 Å². The van der Waals surface area contributed by atoms with Gasteiger partial charge in [0.15, 0.2) is 0 Å². The average Bonchev–Trinajstić information content (AvgIpc) is 2.89. The van der Waals surface area contributed by atoms with Gasteiger partial charge in [0.1, 0.15) is 0 Å². The normalized spacial score (nSPS) is 19.7. The maximum Gasteiger partial charge on any atom is 0.307 e. The van der Waals surface area contributed by atoms with Gasteiger partial charge < -0.3 is 4.74 Å². The van der Waals surface area contributed by atoms with Crippen LogP contribution in [0, 0.1) is 0 Å². The van der Waals surface area contributed by atoms with E-state index in [9.17, 15) is 4.79 Å². The molecule has 0 aromatic carbocycles. The Bertz CT molecular complexity index is 249. The van der Waals surface area contributed by atoms with Crippen molar-refractivity contribution in [3.8, 4) is 0 Å². The number of rotatable bonds is 8. The van der Waals surface area contributed by atoms with Crippen molar-refractivity contribution >= 4 is 5.97 Å². The highest BCUT2D eigenvalue weighted by molar-refractivity contribution is 5.70. The summed E-state index contributed by atoms with van der Waals surface area (Å²) in [6, 6.07) is 0. The van der Waals surface area contributed by atoms with Crippen LogP contribution >= 0.6 is 0 Å². The Balaban J connectivity index is 2.72. The number of unbranched alkanes of at least 4 members (excludes halogenated alkanes) is 1. The van der Waals surface area contributed by atoms with Crippen LogP contribution in [0.15, 0.2) is 0 Å². The van der Waals surface area contributed by atoms with Crippen LogP contribution in [0.3, 0.4) is 0 Å². The van der Waals surface area contributed by atoms with Crippen molar-refractivity contribution in [2.45, 2.75) is 71.3 Å². The zero-order valence-corrected chi connectivity index (χ0v) is 12.3. The Morgan fingerprint density at radius 2 is 1.89 bits per heavy atom. The van der Waals surface area contributed by atoms with E-state index in [1.165, 1.54) is 25.7 Å². The van der Waals surface area contributed by atoms with Crippen molar-refractivity contribution in [1.29, 1.82) is 0 Å². The Morgan fingerprint density at radius 1 is 1.22 bits per heavy atom. The summed E-state index contributed by atoms with van der Waals surface area (Å²) in [4.78, 5) is 14.4. The van der Waals surface area contributed by atoms with E-state index in [-0.39, 0.29) is 11.5 Å². The minimum atomic E-state index is -0.0256. The molecule has 18 heavy (non-hydrogen) atoms. The van der Waals surface area contributed by atoms with Crippen molar-refractivity contribution in [3.05, 3.63) is 0 Å². The first-order chi connectivity index (χ1) is 8.68. The standard InChI is InChI=1S/C15H29NO2/c1-4-7-10-15(5-2,13-14(17)18-6-3)16-11-8-9-12-16/h4-13H2,1-3H3. The molecule has 0 radical (unpaired) electrons. The third-order valence-corrected chi connectivity index (χ3v) is 4.21. The molecule has 0 amide bonds. The van der Waals surface area contributed by atoms with Crippen LogP contribution in [0.25, 0.3) is 0 Å². The van der Waals surface area contributed by atoms with Crippen molar-refractivity contribution < 1.29 is 9.53 Å². The lowest BCUT2D eigenvalue weighted by Crippen LogP contribution is -2.48. The topological polar surface area (TPSA) is 29.5 Å². The molecule has 1 aliphatic heterocycles. The highest BCUT2D eigenvalue weighted by Crippen LogP contribution is 2.33. The third kappa shape index (κ3) is 3.98. The number of carbonyl (C=O) groups excluding carboxylic acids is 1. The first-order valence-electron chi connectivity index (χ1n) is 7.59. The predicted octanol–water partition coefficient (Wildman–Crippen LogP) is 3.37. The third-order valence-electron chi connectivity index (χ3n) is 4.21. The highest BCUT2D eigenvalue weighted by atomic mass is 16.5. The van der Waals surface area contributed by atoms with E-state index >= 15 is 0 Å². The van der Waals surface area contributed by atoms with Gasteiger partial charge in [-0.25, -0.2) is 0 Å². The molecule has 0 aliphatic carbocycles. The average molecular weight is 255 g/mol. The van der Waals surface area contributed by atoms with Gasteiger partial charge in [-0.3, -0.25) is 9.69 Å². The fourth-order valence-corrected chi connectivity index (χ4v) is 3.06. The van der Waals surface area contributed by atoms with E-state index in [1.54, 1.807) is 0 Å². The highest BCUT2D eigenvalue weighted by Gasteiger charge is 2.38. The SMILES string of the molecule is CCCCC(CC)(CC(=O)OCC)N1CCCC1. The first-order valence-corrected chi connectivity index (χ1v) is 7.59. The van der Waals surface area contributed by atoms with Crippen molar-refractivity contribution in [2.75, 3.05) is 19.7 Å². The Labute approximate surface area is 112 Å². The van der Waals surface area contributed by atoms with Crippen molar-refractivity contribution in [2.24, 2.45) is 0 Å². The lowest BCUT2D eigenvalue weighted by atomic mass is 9.84. The molecule has 0 aromatic rings. The summed E-state index contributed by atoms with van der Waals surface area (Å²) in [5.74, 6) is -0.0256. The maximum absolute atomic E-state index is 11.9.